The number of hydrogen-bond acceptors (Lipinski definition) is 8. The van der Waals surface area contributed by atoms with Gasteiger partial charge in [-0.2, -0.15) is 0 Å². The zero-order chi connectivity index (χ0) is 26.3. The predicted octanol–water partition coefficient (Wildman–Crippen LogP) is 3.94. The molecule has 0 aliphatic carbocycles. The van der Waals surface area contributed by atoms with Gasteiger partial charge >= 0.3 is 0 Å². The maximum Gasteiger partial charge on any atom is 0.294 e. The van der Waals surface area contributed by atoms with E-state index in [1.54, 1.807) is 25.3 Å². The summed E-state index contributed by atoms with van der Waals surface area (Å²) in [6.45, 7) is 1.70. The van der Waals surface area contributed by atoms with Gasteiger partial charge in [0.25, 0.3) is 5.91 Å². The number of thiazole rings is 1. The smallest absolute Gasteiger partial charge is 0.294 e. The van der Waals surface area contributed by atoms with Crippen molar-refractivity contribution in [3.8, 4) is 10.6 Å². The monoisotopic (exact) mass is 532 g/mol. The van der Waals surface area contributed by atoms with Crippen LogP contribution in [0.25, 0.3) is 10.6 Å². The molecule has 37 heavy (non-hydrogen) atoms. The second-order valence-electron chi connectivity index (χ2n) is 8.29. The van der Waals surface area contributed by atoms with E-state index in [-0.39, 0.29) is 16.2 Å². The number of aromatic nitrogens is 2. The quantitative estimate of drug-likeness (QED) is 0.358. The van der Waals surface area contributed by atoms with E-state index in [1.807, 2.05) is 30.3 Å². The molecule has 1 atom stereocenters. The number of rotatable bonds is 6. The van der Waals surface area contributed by atoms with E-state index in [9.17, 15) is 23.1 Å². The fraction of sp³-hybridized carbons (Fsp3) is 0.0769. The molecule has 4 aromatic rings. The number of aryl methyl sites for hydroxylation is 1. The van der Waals surface area contributed by atoms with Crippen molar-refractivity contribution in [2.24, 2.45) is 5.14 Å². The minimum absolute atomic E-state index is 0.111. The van der Waals surface area contributed by atoms with Gasteiger partial charge in [-0.1, -0.05) is 36.4 Å². The number of hydrogen-bond donors (Lipinski definition) is 2. The van der Waals surface area contributed by atoms with Crippen LogP contribution < -0.4 is 10.0 Å². The molecule has 0 saturated heterocycles. The van der Waals surface area contributed by atoms with Crippen LogP contribution in [0.15, 0.2) is 95.4 Å². The van der Waals surface area contributed by atoms with Crippen LogP contribution in [0.5, 0.6) is 0 Å². The van der Waals surface area contributed by atoms with Gasteiger partial charge in [0.15, 0.2) is 5.76 Å². The first-order valence-electron chi connectivity index (χ1n) is 11.0. The number of carbonyl (C=O) groups excluding carboxylic acids is 2. The molecule has 3 heterocycles. The van der Waals surface area contributed by atoms with Crippen LogP contribution in [0.2, 0.25) is 0 Å². The number of benzene rings is 2. The number of sulfonamides is 1. The molecule has 0 fully saturated rings. The van der Waals surface area contributed by atoms with Crippen LogP contribution in [-0.2, 0) is 14.8 Å². The van der Waals surface area contributed by atoms with Crippen LogP contribution in [0.3, 0.4) is 0 Å². The molecule has 1 aliphatic heterocycles. The number of carbonyl (C=O) groups is 2. The zero-order valence-corrected chi connectivity index (χ0v) is 21.0. The Kier molecular flexibility index (Phi) is 6.20. The number of amides is 1. The Morgan fingerprint density at radius 3 is 2.38 bits per heavy atom. The van der Waals surface area contributed by atoms with E-state index in [0.717, 1.165) is 5.56 Å². The molecule has 0 radical (unpaired) electrons. The van der Waals surface area contributed by atoms with Crippen molar-refractivity contribution in [2.45, 2.75) is 17.9 Å². The second kappa shape index (κ2) is 9.36. The predicted molar refractivity (Wildman–Crippen MR) is 139 cm³/mol. The second-order valence-corrected chi connectivity index (χ2v) is 10.9. The summed E-state index contributed by atoms with van der Waals surface area (Å²) in [5.41, 5.74) is 1.97. The number of Topliss-reactive ketones (excluding diaryl/α,β-unsaturated/α-hetero) is 1. The molecule has 2 aromatic heterocycles. The molecule has 1 unspecified atom stereocenters. The summed E-state index contributed by atoms with van der Waals surface area (Å²) in [6, 6.07) is 17.0. The third kappa shape index (κ3) is 4.44. The molecule has 9 nitrogen and oxygen atoms in total. The van der Waals surface area contributed by atoms with E-state index in [2.05, 4.69) is 9.97 Å². The number of nitrogens with two attached hydrogens (primary N) is 1. The largest absolute Gasteiger partial charge is 0.503 e. The molecule has 1 amide bonds. The van der Waals surface area contributed by atoms with Crippen LogP contribution in [0, 0.1) is 6.92 Å². The fourth-order valence-electron chi connectivity index (χ4n) is 4.19. The van der Waals surface area contributed by atoms with Gasteiger partial charge in [0.05, 0.1) is 27.1 Å². The summed E-state index contributed by atoms with van der Waals surface area (Å²) in [5, 5.41) is 16.8. The molecule has 5 rings (SSSR count). The molecule has 186 valence electrons. The van der Waals surface area contributed by atoms with E-state index in [4.69, 9.17) is 5.14 Å². The number of nitrogens with zero attached hydrogens (tertiary/aromatic N) is 3. The first-order valence-corrected chi connectivity index (χ1v) is 13.4. The minimum atomic E-state index is -3.95. The highest BCUT2D eigenvalue weighted by Gasteiger charge is 2.45. The Balaban J connectivity index is 1.61. The van der Waals surface area contributed by atoms with Crippen molar-refractivity contribution in [1.82, 2.24) is 9.97 Å². The SMILES string of the molecule is Cc1nc(-c2ccccc2)sc1C(=O)C1=C(O)C(=O)N(c2ccc(S(N)(=O)=O)cc2)C1c1cccnc1. The van der Waals surface area contributed by atoms with Crippen molar-refractivity contribution in [1.29, 1.82) is 0 Å². The number of pyridine rings is 1. The van der Waals surface area contributed by atoms with E-state index in [1.165, 1.54) is 46.7 Å². The Bertz CT molecular complexity index is 1650. The fourth-order valence-corrected chi connectivity index (χ4v) is 5.73. The molecule has 0 spiro atoms. The third-order valence-electron chi connectivity index (χ3n) is 5.92. The normalized spacial score (nSPS) is 15.9. The van der Waals surface area contributed by atoms with Crippen molar-refractivity contribution in [3.05, 3.63) is 107 Å². The van der Waals surface area contributed by atoms with E-state index < -0.39 is 33.5 Å². The molecule has 0 bridgehead atoms. The lowest BCUT2D eigenvalue weighted by Gasteiger charge is -2.26. The lowest BCUT2D eigenvalue weighted by molar-refractivity contribution is -0.117. The number of ketones is 1. The summed E-state index contributed by atoms with van der Waals surface area (Å²) < 4.78 is 23.4. The summed E-state index contributed by atoms with van der Waals surface area (Å²) >= 11 is 1.18. The molecule has 11 heteroatoms. The maximum atomic E-state index is 13.9. The van der Waals surface area contributed by atoms with Gasteiger partial charge in [-0.15, -0.1) is 11.3 Å². The molecule has 1 aliphatic rings. The topological polar surface area (TPSA) is 144 Å². The number of primary sulfonamides is 1. The first-order chi connectivity index (χ1) is 17.7. The summed E-state index contributed by atoms with van der Waals surface area (Å²) in [6.07, 6.45) is 3.06. The highest BCUT2D eigenvalue weighted by atomic mass is 32.2. The maximum absolute atomic E-state index is 13.9. The van der Waals surface area contributed by atoms with Gasteiger partial charge in [0, 0.05) is 23.6 Å². The lowest BCUT2D eigenvalue weighted by Crippen LogP contribution is -2.31. The number of aliphatic hydroxyl groups excluding tert-OH is 1. The summed E-state index contributed by atoms with van der Waals surface area (Å²) in [5.74, 6) is -2.02. The van der Waals surface area contributed by atoms with Crippen LogP contribution in [-0.4, -0.2) is 35.2 Å². The van der Waals surface area contributed by atoms with Gasteiger partial charge in [0.2, 0.25) is 15.8 Å². The average Bonchev–Trinajstić information content (AvgIpc) is 3.41. The standard InChI is InChI=1S/C26H20N4O5S2/c1-15-24(36-25(29-15)16-6-3-2-4-7-16)22(31)20-21(17-8-5-13-28-14-17)30(26(33)23(20)32)18-9-11-19(12-10-18)37(27,34)35/h2-14,21,32H,1H3,(H2,27,34,35). The Labute approximate surface area is 216 Å². The minimum Gasteiger partial charge on any atom is -0.503 e. The third-order valence-corrected chi connectivity index (χ3v) is 8.05. The summed E-state index contributed by atoms with van der Waals surface area (Å²) in [4.78, 5) is 37.3. The van der Waals surface area contributed by atoms with Crippen LogP contribution in [0.4, 0.5) is 5.69 Å². The van der Waals surface area contributed by atoms with Gasteiger partial charge < -0.3 is 5.11 Å². The van der Waals surface area contributed by atoms with E-state index in [0.29, 0.717) is 21.1 Å². The average molecular weight is 533 g/mol. The van der Waals surface area contributed by atoms with Crippen molar-refractivity contribution < 1.29 is 23.1 Å². The van der Waals surface area contributed by atoms with Crippen molar-refractivity contribution >= 4 is 38.7 Å². The highest BCUT2D eigenvalue weighted by molar-refractivity contribution is 7.89. The highest BCUT2D eigenvalue weighted by Crippen LogP contribution is 2.43. The zero-order valence-electron chi connectivity index (χ0n) is 19.4. The molecular formula is C26H20N4O5S2. The van der Waals surface area contributed by atoms with Gasteiger partial charge in [-0.3, -0.25) is 19.5 Å². The molecule has 3 N–H and O–H groups in total. The van der Waals surface area contributed by atoms with Crippen molar-refractivity contribution in [2.75, 3.05) is 4.90 Å². The number of anilines is 1. The van der Waals surface area contributed by atoms with Gasteiger partial charge in [0.1, 0.15) is 5.01 Å². The number of aliphatic hydroxyl groups is 1. The summed E-state index contributed by atoms with van der Waals surface area (Å²) in [7, 11) is -3.95. The van der Waals surface area contributed by atoms with Crippen molar-refractivity contribution in [3.63, 3.8) is 0 Å². The van der Waals surface area contributed by atoms with Crippen LogP contribution >= 0.6 is 11.3 Å². The Morgan fingerprint density at radius 2 is 1.76 bits per heavy atom. The van der Waals surface area contributed by atoms with E-state index >= 15 is 0 Å². The van der Waals surface area contributed by atoms with Crippen LogP contribution in [0.1, 0.15) is 27.0 Å². The molecular weight excluding hydrogens is 512 g/mol. The van der Waals surface area contributed by atoms with Gasteiger partial charge in [-0.25, -0.2) is 18.5 Å². The lowest BCUT2D eigenvalue weighted by atomic mass is 9.96. The Hall–Kier alpha value is -4.19. The Morgan fingerprint density at radius 1 is 1.05 bits per heavy atom. The first kappa shape index (κ1) is 24.5. The molecule has 0 saturated carbocycles. The molecule has 2 aromatic carbocycles. The van der Waals surface area contributed by atoms with Gasteiger partial charge in [-0.05, 0) is 42.8 Å².